The van der Waals surface area contributed by atoms with Gasteiger partial charge in [-0.3, -0.25) is 4.79 Å². The Morgan fingerprint density at radius 2 is 2.37 bits per heavy atom. The van der Waals surface area contributed by atoms with E-state index in [2.05, 4.69) is 26.6 Å². The number of hydrogen-bond donors (Lipinski definition) is 2. The third kappa shape index (κ3) is 4.30. The second-order valence-electron chi connectivity index (χ2n) is 4.74. The Kier molecular flexibility index (Phi) is 5.36. The lowest BCUT2D eigenvalue weighted by molar-refractivity contribution is -0.122. The second-order valence-corrected chi connectivity index (χ2v) is 5.60. The summed E-state index contributed by atoms with van der Waals surface area (Å²) in [6.07, 6.45) is 0.453. The van der Waals surface area contributed by atoms with Crippen LogP contribution >= 0.6 is 15.9 Å². The molecule has 0 spiro atoms. The molecule has 1 aromatic rings. The largest absolute Gasteiger partial charge is 0.378 e. The Balaban J connectivity index is 1.86. The Bertz CT molecular complexity index is 433. The molecular weight excluding hydrogens is 308 g/mol. The van der Waals surface area contributed by atoms with Crippen LogP contribution in [0, 0.1) is 0 Å². The van der Waals surface area contributed by atoms with Crippen LogP contribution in [0.2, 0.25) is 0 Å². The molecule has 5 heteroatoms. The van der Waals surface area contributed by atoms with Gasteiger partial charge in [0.25, 0.3) is 0 Å². The molecule has 0 bridgehead atoms. The van der Waals surface area contributed by atoms with Crippen molar-refractivity contribution in [1.82, 2.24) is 10.6 Å². The van der Waals surface area contributed by atoms with Crippen molar-refractivity contribution in [1.29, 1.82) is 0 Å². The number of hydrogen-bond acceptors (Lipinski definition) is 3. The summed E-state index contributed by atoms with van der Waals surface area (Å²) in [6.45, 7) is 4.14. The highest BCUT2D eigenvalue weighted by Crippen LogP contribution is 2.22. The van der Waals surface area contributed by atoms with Gasteiger partial charge < -0.3 is 15.4 Å². The smallest absolute Gasteiger partial charge is 0.222 e. The highest BCUT2D eigenvalue weighted by Gasteiger charge is 2.18. The van der Waals surface area contributed by atoms with Crippen LogP contribution in [0.5, 0.6) is 0 Å². The molecule has 2 N–H and O–H groups in total. The first-order valence-corrected chi connectivity index (χ1v) is 7.31. The van der Waals surface area contributed by atoms with Crippen LogP contribution in [0.3, 0.4) is 0 Å². The molecule has 2 rings (SSSR count). The van der Waals surface area contributed by atoms with E-state index < -0.39 is 0 Å². The zero-order chi connectivity index (χ0) is 13.7. The Hall–Kier alpha value is -0.910. The van der Waals surface area contributed by atoms with Crippen LogP contribution in [0.4, 0.5) is 0 Å². The van der Waals surface area contributed by atoms with Crippen LogP contribution in [0.1, 0.15) is 24.9 Å². The number of amides is 1. The van der Waals surface area contributed by atoms with Crippen molar-refractivity contribution in [2.75, 3.05) is 19.8 Å². The van der Waals surface area contributed by atoms with E-state index >= 15 is 0 Å². The third-order valence-electron chi connectivity index (χ3n) is 3.18. The van der Waals surface area contributed by atoms with Gasteiger partial charge in [0.1, 0.15) is 0 Å². The SMILES string of the molecule is C[C@@H](NC(=O)CC1COCCN1)c1ccccc1Br. The molecule has 0 aliphatic carbocycles. The van der Waals surface area contributed by atoms with Crippen molar-refractivity contribution in [2.24, 2.45) is 0 Å². The molecular formula is C14H19BrN2O2. The molecule has 0 saturated carbocycles. The van der Waals surface area contributed by atoms with E-state index in [1.165, 1.54) is 0 Å². The summed E-state index contributed by atoms with van der Waals surface area (Å²) >= 11 is 3.50. The van der Waals surface area contributed by atoms with Gasteiger partial charge in [0.15, 0.2) is 0 Å². The highest BCUT2D eigenvalue weighted by molar-refractivity contribution is 9.10. The summed E-state index contributed by atoms with van der Waals surface area (Å²) < 4.78 is 6.36. The molecule has 19 heavy (non-hydrogen) atoms. The number of morpholine rings is 1. The minimum absolute atomic E-state index is 0.00687. The van der Waals surface area contributed by atoms with Gasteiger partial charge in [-0.25, -0.2) is 0 Å². The summed E-state index contributed by atoms with van der Waals surface area (Å²) in [7, 11) is 0. The van der Waals surface area contributed by atoms with Crippen LogP contribution in [0.15, 0.2) is 28.7 Å². The Labute approximate surface area is 122 Å². The molecule has 1 fully saturated rings. The van der Waals surface area contributed by atoms with Crippen molar-refractivity contribution in [2.45, 2.75) is 25.4 Å². The summed E-state index contributed by atoms with van der Waals surface area (Å²) in [4.78, 5) is 12.0. The zero-order valence-electron chi connectivity index (χ0n) is 11.0. The van der Waals surface area contributed by atoms with Gasteiger partial charge in [0.05, 0.1) is 19.3 Å². The molecule has 1 unspecified atom stereocenters. The molecule has 1 amide bonds. The molecule has 1 saturated heterocycles. The van der Waals surface area contributed by atoms with Gasteiger partial charge in [0.2, 0.25) is 5.91 Å². The number of halogens is 1. The van der Waals surface area contributed by atoms with E-state index in [4.69, 9.17) is 4.74 Å². The van der Waals surface area contributed by atoms with Crippen LogP contribution in [-0.4, -0.2) is 31.7 Å². The Morgan fingerprint density at radius 3 is 3.05 bits per heavy atom. The number of rotatable bonds is 4. The number of carbonyl (C=O) groups is 1. The third-order valence-corrected chi connectivity index (χ3v) is 3.90. The number of benzene rings is 1. The van der Waals surface area contributed by atoms with Gasteiger partial charge in [-0.05, 0) is 18.6 Å². The molecule has 1 aromatic carbocycles. The fourth-order valence-corrected chi connectivity index (χ4v) is 2.81. The summed E-state index contributed by atoms with van der Waals surface area (Å²) in [5.74, 6) is 0.0475. The van der Waals surface area contributed by atoms with Gasteiger partial charge in [-0.1, -0.05) is 34.1 Å². The predicted octanol–water partition coefficient (Wildman–Crippen LogP) is 2.00. The van der Waals surface area contributed by atoms with Crippen LogP contribution in [0.25, 0.3) is 0 Å². The number of nitrogens with one attached hydrogen (secondary N) is 2. The standard InChI is InChI=1S/C14H19BrN2O2/c1-10(12-4-2-3-5-13(12)15)17-14(18)8-11-9-19-7-6-16-11/h2-5,10-11,16H,6-9H2,1H3,(H,17,18)/t10-,11?/m1/s1. The van der Waals surface area contributed by atoms with Gasteiger partial charge in [-0.2, -0.15) is 0 Å². The van der Waals surface area contributed by atoms with Crippen molar-refractivity contribution in [3.63, 3.8) is 0 Å². The second kappa shape index (κ2) is 7.03. The molecule has 0 aromatic heterocycles. The summed E-state index contributed by atoms with van der Waals surface area (Å²) in [5, 5.41) is 6.30. The fraction of sp³-hybridized carbons (Fsp3) is 0.500. The lowest BCUT2D eigenvalue weighted by Gasteiger charge is -2.24. The van der Waals surface area contributed by atoms with Gasteiger partial charge >= 0.3 is 0 Å². The van der Waals surface area contributed by atoms with Crippen molar-refractivity contribution >= 4 is 21.8 Å². The molecule has 1 aliphatic heterocycles. The lowest BCUT2D eigenvalue weighted by atomic mass is 10.1. The minimum atomic E-state index is -0.00687. The monoisotopic (exact) mass is 326 g/mol. The molecule has 104 valence electrons. The summed E-state index contributed by atoms with van der Waals surface area (Å²) in [5.41, 5.74) is 1.09. The first-order chi connectivity index (χ1) is 9.16. The van der Waals surface area contributed by atoms with E-state index in [1.807, 2.05) is 31.2 Å². The van der Waals surface area contributed by atoms with E-state index in [9.17, 15) is 4.79 Å². The summed E-state index contributed by atoms with van der Waals surface area (Å²) in [6, 6.07) is 8.05. The number of ether oxygens (including phenoxy) is 1. The lowest BCUT2D eigenvalue weighted by Crippen LogP contribution is -2.44. The highest BCUT2D eigenvalue weighted by atomic mass is 79.9. The normalized spacial score (nSPS) is 20.8. The molecule has 1 aliphatic rings. The average molecular weight is 327 g/mol. The van der Waals surface area contributed by atoms with Gasteiger partial charge in [0, 0.05) is 23.5 Å². The number of carbonyl (C=O) groups excluding carboxylic acids is 1. The maximum absolute atomic E-state index is 12.0. The Morgan fingerprint density at radius 1 is 1.58 bits per heavy atom. The van der Waals surface area contributed by atoms with Crippen LogP contribution in [-0.2, 0) is 9.53 Å². The fourth-order valence-electron chi connectivity index (χ4n) is 2.18. The maximum atomic E-state index is 12.0. The van der Waals surface area contributed by atoms with Crippen molar-refractivity contribution < 1.29 is 9.53 Å². The van der Waals surface area contributed by atoms with E-state index in [0.29, 0.717) is 13.0 Å². The minimum Gasteiger partial charge on any atom is -0.378 e. The molecule has 2 atom stereocenters. The zero-order valence-corrected chi connectivity index (χ0v) is 12.6. The van der Waals surface area contributed by atoms with Gasteiger partial charge in [-0.15, -0.1) is 0 Å². The molecule has 1 heterocycles. The van der Waals surface area contributed by atoms with Crippen molar-refractivity contribution in [3.05, 3.63) is 34.3 Å². The van der Waals surface area contributed by atoms with E-state index in [-0.39, 0.29) is 18.0 Å². The van der Waals surface area contributed by atoms with Crippen LogP contribution < -0.4 is 10.6 Å². The average Bonchev–Trinajstić information content (AvgIpc) is 2.40. The first kappa shape index (κ1) is 14.5. The quantitative estimate of drug-likeness (QED) is 0.889. The van der Waals surface area contributed by atoms with E-state index in [0.717, 1.165) is 23.2 Å². The maximum Gasteiger partial charge on any atom is 0.222 e. The first-order valence-electron chi connectivity index (χ1n) is 6.51. The predicted molar refractivity (Wildman–Crippen MR) is 77.9 cm³/mol. The molecule has 4 nitrogen and oxygen atoms in total. The topological polar surface area (TPSA) is 50.4 Å². The molecule has 0 radical (unpaired) electrons. The van der Waals surface area contributed by atoms with E-state index in [1.54, 1.807) is 0 Å². The van der Waals surface area contributed by atoms with Crippen molar-refractivity contribution in [3.8, 4) is 0 Å².